The second-order valence-corrected chi connectivity index (χ2v) is 8.53. The Kier molecular flexibility index (Phi) is 7.08. The van der Waals surface area contributed by atoms with Gasteiger partial charge in [0.2, 0.25) is 0 Å². The highest BCUT2D eigenvalue weighted by molar-refractivity contribution is 5.84. The lowest BCUT2D eigenvalue weighted by atomic mass is 9.96. The van der Waals surface area contributed by atoms with Crippen LogP contribution in [0, 0.1) is 11.7 Å². The van der Waals surface area contributed by atoms with Gasteiger partial charge in [-0.1, -0.05) is 37.3 Å². The lowest BCUT2D eigenvalue weighted by molar-refractivity contribution is 0.133. The Bertz CT molecular complexity index is 952. The van der Waals surface area contributed by atoms with E-state index in [0.717, 1.165) is 51.3 Å². The van der Waals surface area contributed by atoms with E-state index in [-0.39, 0.29) is 5.82 Å². The fourth-order valence-electron chi connectivity index (χ4n) is 4.72. The van der Waals surface area contributed by atoms with Gasteiger partial charge >= 0.3 is 0 Å². The molecule has 1 fully saturated rings. The molecular formula is C26H32FN3. The number of benzene rings is 2. The van der Waals surface area contributed by atoms with E-state index in [1.165, 1.54) is 35.2 Å². The molecule has 2 aromatic carbocycles. The Morgan fingerprint density at radius 2 is 2.07 bits per heavy atom. The van der Waals surface area contributed by atoms with Gasteiger partial charge in [0.15, 0.2) is 0 Å². The normalized spacial score (nSPS) is 17.6. The molecule has 0 N–H and O–H groups in total. The number of halogens is 1. The Morgan fingerprint density at radius 1 is 1.17 bits per heavy atom. The van der Waals surface area contributed by atoms with Gasteiger partial charge in [-0.3, -0.25) is 9.88 Å². The summed E-state index contributed by atoms with van der Waals surface area (Å²) in [4.78, 5) is 9.40. The summed E-state index contributed by atoms with van der Waals surface area (Å²) in [6.45, 7) is 8.76. The molecule has 1 aliphatic rings. The molecule has 30 heavy (non-hydrogen) atoms. The van der Waals surface area contributed by atoms with Crippen molar-refractivity contribution < 1.29 is 4.39 Å². The maximum atomic E-state index is 13.4. The van der Waals surface area contributed by atoms with Crippen LogP contribution in [-0.2, 0) is 13.0 Å². The van der Waals surface area contributed by atoms with Crippen LogP contribution in [0.25, 0.3) is 10.8 Å². The summed E-state index contributed by atoms with van der Waals surface area (Å²) in [7, 11) is 0. The largest absolute Gasteiger partial charge is 0.303 e. The van der Waals surface area contributed by atoms with Crippen LogP contribution in [0.2, 0.25) is 0 Å². The smallest absolute Gasteiger partial charge is 0.123 e. The van der Waals surface area contributed by atoms with E-state index in [1.807, 2.05) is 24.5 Å². The van der Waals surface area contributed by atoms with Gasteiger partial charge in [0.1, 0.15) is 5.82 Å². The molecule has 3 aromatic rings. The minimum Gasteiger partial charge on any atom is -0.303 e. The Hall–Kier alpha value is -2.30. The third-order valence-electron chi connectivity index (χ3n) is 6.34. The number of pyridine rings is 1. The number of hydrogen-bond donors (Lipinski definition) is 0. The summed E-state index contributed by atoms with van der Waals surface area (Å²) in [6.07, 6.45) is 7.32. The van der Waals surface area contributed by atoms with E-state index in [9.17, 15) is 4.39 Å². The summed E-state index contributed by atoms with van der Waals surface area (Å²) in [5.74, 6) is 0.565. The first-order chi connectivity index (χ1) is 14.7. The van der Waals surface area contributed by atoms with Crippen molar-refractivity contribution in [3.05, 3.63) is 77.9 Å². The molecule has 158 valence electrons. The summed E-state index contributed by atoms with van der Waals surface area (Å²) < 4.78 is 13.4. The van der Waals surface area contributed by atoms with E-state index >= 15 is 0 Å². The SMILES string of the molecule is CCN(Cc1cccc2cnccc12)C[C@H]1CCCN(CCc2cccc(F)c2)C1. The molecule has 4 rings (SSSR count). The van der Waals surface area contributed by atoms with Crippen molar-refractivity contribution in [1.29, 1.82) is 0 Å². The molecule has 1 aliphatic heterocycles. The second-order valence-electron chi connectivity index (χ2n) is 8.53. The van der Waals surface area contributed by atoms with Crippen LogP contribution in [0.1, 0.15) is 30.9 Å². The van der Waals surface area contributed by atoms with Crippen LogP contribution in [0.3, 0.4) is 0 Å². The minimum absolute atomic E-state index is 0.133. The van der Waals surface area contributed by atoms with Gasteiger partial charge in [0.25, 0.3) is 0 Å². The van der Waals surface area contributed by atoms with Crippen molar-refractivity contribution in [2.45, 2.75) is 32.7 Å². The van der Waals surface area contributed by atoms with Gasteiger partial charge in [-0.2, -0.15) is 0 Å². The van der Waals surface area contributed by atoms with Gasteiger partial charge in [0, 0.05) is 44.0 Å². The average molecular weight is 406 g/mol. The first-order valence-electron chi connectivity index (χ1n) is 11.2. The van der Waals surface area contributed by atoms with Crippen molar-refractivity contribution in [2.24, 2.45) is 5.92 Å². The number of aromatic nitrogens is 1. The highest BCUT2D eigenvalue weighted by Gasteiger charge is 2.22. The van der Waals surface area contributed by atoms with E-state index in [0.29, 0.717) is 5.92 Å². The average Bonchev–Trinajstić information content (AvgIpc) is 2.78. The van der Waals surface area contributed by atoms with Crippen LogP contribution >= 0.6 is 0 Å². The fraction of sp³-hybridized carbons (Fsp3) is 0.423. The molecule has 3 nitrogen and oxygen atoms in total. The summed E-state index contributed by atoms with van der Waals surface area (Å²) in [6, 6.07) is 15.7. The lowest BCUT2D eigenvalue weighted by Gasteiger charge is -2.35. The first kappa shape index (κ1) is 21.0. The monoisotopic (exact) mass is 405 g/mol. The van der Waals surface area contributed by atoms with Gasteiger partial charge < -0.3 is 4.90 Å². The highest BCUT2D eigenvalue weighted by atomic mass is 19.1. The molecule has 4 heteroatoms. The Balaban J connectivity index is 1.34. The van der Waals surface area contributed by atoms with E-state index < -0.39 is 0 Å². The van der Waals surface area contributed by atoms with Crippen molar-refractivity contribution in [1.82, 2.24) is 14.8 Å². The standard InChI is InChI=1S/C26H32FN3/c1-2-29(20-24-9-4-8-23-17-28-13-11-26(23)24)18-22-7-5-14-30(19-22)15-12-21-6-3-10-25(27)16-21/h3-4,6,8-11,13,16-17,22H,2,5,7,12,14-15,18-20H2,1H3/t22-/m1/s1. The summed E-state index contributed by atoms with van der Waals surface area (Å²) in [5.41, 5.74) is 2.48. The number of hydrogen-bond acceptors (Lipinski definition) is 3. The maximum Gasteiger partial charge on any atom is 0.123 e. The molecule has 0 bridgehead atoms. The summed E-state index contributed by atoms with van der Waals surface area (Å²) >= 11 is 0. The second kappa shape index (κ2) is 10.1. The number of fused-ring (bicyclic) bond motifs is 1. The van der Waals surface area contributed by atoms with Crippen LogP contribution in [0.15, 0.2) is 60.9 Å². The van der Waals surface area contributed by atoms with E-state index in [1.54, 1.807) is 6.07 Å². The number of rotatable bonds is 8. The van der Waals surface area contributed by atoms with Crippen LogP contribution in [0.4, 0.5) is 4.39 Å². The van der Waals surface area contributed by atoms with Gasteiger partial charge in [-0.15, -0.1) is 0 Å². The molecule has 0 amide bonds. The zero-order valence-electron chi connectivity index (χ0n) is 17.9. The van der Waals surface area contributed by atoms with Crippen molar-refractivity contribution >= 4 is 10.8 Å². The van der Waals surface area contributed by atoms with Crippen molar-refractivity contribution in [3.8, 4) is 0 Å². The molecule has 0 unspecified atom stereocenters. The molecular weight excluding hydrogens is 373 g/mol. The molecule has 1 aromatic heterocycles. The molecule has 2 heterocycles. The fourth-order valence-corrected chi connectivity index (χ4v) is 4.72. The van der Waals surface area contributed by atoms with Crippen LogP contribution < -0.4 is 0 Å². The lowest BCUT2D eigenvalue weighted by Crippen LogP contribution is -2.41. The maximum absolute atomic E-state index is 13.4. The van der Waals surface area contributed by atoms with Gasteiger partial charge in [0.05, 0.1) is 0 Å². The molecule has 1 atom stereocenters. The summed E-state index contributed by atoms with van der Waals surface area (Å²) in [5, 5.41) is 2.53. The number of likely N-dealkylation sites (tertiary alicyclic amines) is 1. The minimum atomic E-state index is -0.133. The van der Waals surface area contributed by atoms with Gasteiger partial charge in [-0.05, 0) is 73.0 Å². The predicted molar refractivity (Wildman–Crippen MR) is 122 cm³/mol. The van der Waals surface area contributed by atoms with Crippen molar-refractivity contribution in [2.75, 3.05) is 32.7 Å². The van der Waals surface area contributed by atoms with Crippen molar-refractivity contribution in [3.63, 3.8) is 0 Å². The van der Waals surface area contributed by atoms with E-state index in [4.69, 9.17) is 0 Å². The molecule has 1 saturated heterocycles. The van der Waals surface area contributed by atoms with Crippen LogP contribution in [0.5, 0.6) is 0 Å². The zero-order valence-corrected chi connectivity index (χ0v) is 17.9. The molecule has 0 spiro atoms. The Morgan fingerprint density at radius 3 is 2.93 bits per heavy atom. The quantitative estimate of drug-likeness (QED) is 0.517. The molecule has 0 aliphatic carbocycles. The predicted octanol–water partition coefficient (Wildman–Crippen LogP) is 5.15. The van der Waals surface area contributed by atoms with Crippen LogP contribution in [-0.4, -0.2) is 47.5 Å². The number of piperidine rings is 1. The first-order valence-corrected chi connectivity index (χ1v) is 11.2. The highest BCUT2D eigenvalue weighted by Crippen LogP contribution is 2.22. The third kappa shape index (κ3) is 5.44. The molecule has 0 saturated carbocycles. The topological polar surface area (TPSA) is 19.4 Å². The van der Waals surface area contributed by atoms with Gasteiger partial charge in [-0.25, -0.2) is 4.39 Å². The van der Waals surface area contributed by atoms with E-state index in [2.05, 4.69) is 46.0 Å². The Labute approximate surface area is 179 Å². The molecule has 0 radical (unpaired) electrons. The zero-order chi connectivity index (χ0) is 20.8. The number of nitrogens with zero attached hydrogens (tertiary/aromatic N) is 3. The third-order valence-corrected chi connectivity index (χ3v) is 6.34.